The van der Waals surface area contributed by atoms with Gasteiger partial charge in [0.1, 0.15) is 5.65 Å². The molecule has 2 heterocycles. The van der Waals surface area contributed by atoms with E-state index in [1.54, 1.807) is 6.20 Å². The van der Waals surface area contributed by atoms with E-state index in [1.807, 2.05) is 29.8 Å². The summed E-state index contributed by atoms with van der Waals surface area (Å²) >= 11 is 0. The number of hydrogen-bond acceptors (Lipinski definition) is 3. The number of aromatic nitrogens is 2. The Bertz CT molecular complexity index is 689. The quantitative estimate of drug-likeness (QED) is 0.903. The maximum atomic E-state index is 12.6. The lowest BCUT2D eigenvalue weighted by Gasteiger charge is -2.52. The summed E-state index contributed by atoms with van der Waals surface area (Å²) < 4.78 is 1.89. The van der Waals surface area contributed by atoms with Crippen molar-refractivity contribution in [3.63, 3.8) is 0 Å². The van der Waals surface area contributed by atoms with Crippen LogP contribution in [0.3, 0.4) is 0 Å². The minimum atomic E-state index is -0.0524. The van der Waals surface area contributed by atoms with Crippen molar-refractivity contribution in [3.8, 4) is 0 Å². The van der Waals surface area contributed by atoms with Gasteiger partial charge in [-0.15, -0.1) is 0 Å². The minimum Gasteiger partial charge on any atom is -0.349 e. The van der Waals surface area contributed by atoms with E-state index in [2.05, 4.69) is 24.1 Å². The summed E-state index contributed by atoms with van der Waals surface area (Å²) in [6, 6.07) is 2.07. The molecular weight excluding hydrogens is 264 g/mol. The molecule has 0 radical (unpaired) electrons. The number of carbonyl (C=O) groups excluding carboxylic acids is 1. The van der Waals surface area contributed by atoms with Crippen molar-refractivity contribution < 1.29 is 4.79 Å². The summed E-state index contributed by atoms with van der Waals surface area (Å²) in [6.45, 7) is 6.99. The van der Waals surface area contributed by atoms with Crippen LogP contribution in [-0.2, 0) is 0 Å². The Balaban J connectivity index is 1.84. The van der Waals surface area contributed by atoms with E-state index in [9.17, 15) is 4.79 Å². The van der Waals surface area contributed by atoms with E-state index in [0.717, 1.165) is 12.0 Å². The number of amides is 1. The predicted molar refractivity (Wildman–Crippen MR) is 82.1 cm³/mol. The number of carbonyl (C=O) groups is 1. The molecule has 0 aromatic carbocycles. The fourth-order valence-electron chi connectivity index (χ4n) is 3.24. The summed E-state index contributed by atoms with van der Waals surface area (Å²) in [5.74, 6) is 0.426. The van der Waals surface area contributed by atoms with E-state index >= 15 is 0 Å². The third-order valence-electron chi connectivity index (χ3n) is 4.93. The number of imidazole rings is 1. The first-order chi connectivity index (χ1) is 9.93. The third-order valence-corrected chi connectivity index (χ3v) is 4.93. The highest BCUT2D eigenvalue weighted by molar-refractivity contribution is 6.00. The minimum absolute atomic E-state index is 0.0524. The van der Waals surface area contributed by atoms with Crippen LogP contribution < -0.4 is 11.1 Å². The maximum Gasteiger partial charge on any atom is 0.255 e. The number of rotatable bonds is 3. The number of nitrogens with two attached hydrogens (primary N) is 1. The summed E-state index contributed by atoms with van der Waals surface area (Å²) in [7, 11) is 0. The summed E-state index contributed by atoms with van der Waals surface area (Å²) in [5, 5.41) is 3.15. The molecule has 2 atom stereocenters. The van der Waals surface area contributed by atoms with Crippen molar-refractivity contribution in [2.45, 2.75) is 33.2 Å². The lowest BCUT2D eigenvalue weighted by atomic mass is 9.58. The van der Waals surface area contributed by atoms with Gasteiger partial charge in [0.05, 0.1) is 5.56 Å². The lowest BCUT2D eigenvalue weighted by Crippen LogP contribution is -2.60. The third kappa shape index (κ3) is 2.21. The second kappa shape index (κ2) is 4.84. The van der Waals surface area contributed by atoms with E-state index < -0.39 is 0 Å². The van der Waals surface area contributed by atoms with Gasteiger partial charge in [-0.2, -0.15) is 0 Å². The van der Waals surface area contributed by atoms with Crippen molar-refractivity contribution in [3.05, 3.63) is 35.8 Å². The molecule has 0 spiro atoms. The first kappa shape index (κ1) is 14.1. The highest BCUT2D eigenvalue weighted by Crippen LogP contribution is 2.45. The predicted octanol–water partition coefficient (Wildman–Crippen LogP) is 1.75. The van der Waals surface area contributed by atoms with E-state index in [0.29, 0.717) is 23.7 Å². The van der Waals surface area contributed by atoms with E-state index in [-0.39, 0.29) is 17.4 Å². The molecule has 1 amide bonds. The zero-order chi connectivity index (χ0) is 15.2. The topological polar surface area (TPSA) is 72.4 Å². The Hall–Kier alpha value is -1.88. The highest BCUT2D eigenvalue weighted by atomic mass is 16.1. The fraction of sp³-hybridized carbons (Fsp3) is 0.500. The molecule has 0 saturated heterocycles. The average Bonchev–Trinajstić information content (AvgIpc) is 2.89. The maximum absolute atomic E-state index is 12.6. The van der Waals surface area contributed by atoms with Crippen molar-refractivity contribution in [1.82, 2.24) is 14.7 Å². The van der Waals surface area contributed by atoms with Gasteiger partial charge in [-0.3, -0.25) is 4.79 Å². The summed E-state index contributed by atoms with van der Waals surface area (Å²) in [4.78, 5) is 16.9. The van der Waals surface area contributed by atoms with Crippen LogP contribution >= 0.6 is 0 Å². The molecule has 1 aliphatic carbocycles. The van der Waals surface area contributed by atoms with Crippen LogP contribution in [0.1, 0.15) is 36.2 Å². The molecule has 2 aromatic heterocycles. The average molecular weight is 286 g/mol. The normalized spacial score (nSPS) is 23.8. The molecule has 1 saturated carbocycles. The summed E-state index contributed by atoms with van der Waals surface area (Å²) in [5.41, 5.74) is 8.19. The molecule has 3 rings (SSSR count). The van der Waals surface area contributed by atoms with E-state index in [4.69, 9.17) is 5.73 Å². The first-order valence-electron chi connectivity index (χ1n) is 7.37. The van der Waals surface area contributed by atoms with Crippen LogP contribution in [0.4, 0.5) is 0 Å². The van der Waals surface area contributed by atoms with Crippen LogP contribution in [0.15, 0.2) is 24.7 Å². The molecule has 3 N–H and O–H groups in total. The molecular formula is C16H22N4O. The van der Waals surface area contributed by atoms with Crippen molar-refractivity contribution in [2.24, 2.45) is 17.1 Å². The van der Waals surface area contributed by atoms with Gasteiger partial charge in [0.2, 0.25) is 0 Å². The van der Waals surface area contributed by atoms with Crippen LogP contribution in [-0.4, -0.2) is 27.9 Å². The van der Waals surface area contributed by atoms with Crippen molar-refractivity contribution in [1.29, 1.82) is 0 Å². The summed E-state index contributed by atoms with van der Waals surface area (Å²) in [6.07, 6.45) is 6.49. The van der Waals surface area contributed by atoms with Gasteiger partial charge in [0.15, 0.2) is 0 Å². The van der Waals surface area contributed by atoms with Gasteiger partial charge < -0.3 is 15.5 Å². The second-order valence-corrected chi connectivity index (χ2v) is 6.60. The SMILES string of the molecule is Cc1cc(C(=O)NC2CC(CN)C2(C)C)c2nccn2c1. The van der Waals surface area contributed by atoms with Gasteiger partial charge in [-0.25, -0.2) is 4.98 Å². The molecule has 5 heteroatoms. The Kier molecular flexibility index (Phi) is 3.24. The van der Waals surface area contributed by atoms with Gasteiger partial charge in [0.25, 0.3) is 5.91 Å². The Morgan fingerprint density at radius 3 is 3.00 bits per heavy atom. The van der Waals surface area contributed by atoms with Crippen LogP contribution in [0.5, 0.6) is 0 Å². The molecule has 0 bridgehead atoms. The van der Waals surface area contributed by atoms with Gasteiger partial charge in [-0.1, -0.05) is 13.8 Å². The molecule has 5 nitrogen and oxygen atoms in total. The number of pyridine rings is 1. The lowest BCUT2D eigenvalue weighted by molar-refractivity contribution is 0.0200. The van der Waals surface area contributed by atoms with E-state index in [1.165, 1.54) is 0 Å². The fourth-order valence-corrected chi connectivity index (χ4v) is 3.24. The zero-order valence-corrected chi connectivity index (χ0v) is 12.8. The molecule has 21 heavy (non-hydrogen) atoms. The van der Waals surface area contributed by atoms with Crippen LogP contribution in [0.25, 0.3) is 5.65 Å². The highest BCUT2D eigenvalue weighted by Gasteiger charge is 2.47. The van der Waals surface area contributed by atoms with Crippen LogP contribution in [0.2, 0.25) is 0 Å². The second-order valence-electron chi connectivity index (χ2n) is 6.60. The van der Waals surface area contributed by atoms with Crippen molar-refractivity contribution in [2.75, 3.05) is 6.54 Å². The van der Waals surface area contributed by atoms with Gasteiger partial charge in [0, 0.05) is 24.6 Å². The smallest absolute Gasteiger partial charge is 0.255 e. The molecule has 2 aromatic rings. The van der Waals surface area contributed by atoms with Crippen molar-refractivity contribution >= 4 is 11.6 Å². The molecule has 1 fully saturated rings. The van der Waals surface area contributed by atoms with Gasteiger partial charge >= 0.3 is 0 Å². The molecule has 1 aliphatic rings. The first-order valence-corrected chi connectivity index (χ1v) is 7.37. The van der Waals surface area contributed by atoms with Crippen LogP contribution in [0, 0.1) is 18.3 Å². The molecule has 0 aliphatic heterocycles. The monoisotopic (exact) mass is 286 g/mol. The molecule has 112 valence electrons. The number of nitrogens with one attached hydrogen (secondary N) is 1. The largest absolute Gasteiger partial charge is 0.349 e. The Morgan fingerprint density at radius 2 is 2.33 bits per heavy atom. The number of nitrogens with zero attached hydrogens (tertiary/aromatic N) is 2. The zero-order valence-electron chi connectivity index (χ0n) is 12.8. The Labute approximate surface area is 124 Å². The van der Waals surface area contributed by atoms with Gasteiger partial charge in [-0.05, 0) is 42.9 Å². The number of fused-ring (bicyclic) bond motifs is 1. The number of hydrogen-bond donors (Lipinski definition) is 2. The standard InChI is InChI=1S/C16H22N4O/c1-10-6-12(14-18-4-5-20(14)9-10)15(21)19-13-7-11(8-17)16(13,2)3/h4-6,9,11,13H,7-8,17H2,1-3H3,(H,19,21). The Morgan fingerprint density at radius 1 is 1.57 bits per heavy atom. The number of aryl methyl sites for hydroxylation is 1. The molecule has 2 unspecified atom stereocenters.